The van der Waals surface area contributed by atoms with Gasteiger partial charge in [0.05, 0.1) is 0 Å². The molecule has 2 aromatic heterocycles. The van der Waals surface area contributed by atoms with Crippen LogP contribution in [0, 0.1) is 0 Å². The Morgan fingerprint density at radius 3 is 2.59 bits per heavy atom. The zero-order valence-corrected chi connectivity index (χ0v) is 19.8. The van der Waals surface area contributed by atoms with E-state index in [-0.39, 0.29) is 5.54 Å². The molecule has 5 nitrogen and oxygen atoms in total. The maximum Gasteiger partial charge on any atom is 0.336 e. The number of rotatable bonds is 5. The van der Waals surface area contributed by atoms with Crippen molar-refractivity contribution in [3.8, 4) is 17.0 Å². The predicted molar refractivity (Wildman–Crippen MR) is 133 cm³/mol. The average Bonchev–Trinajstić information content (AvgIpc) is 3.09. The molecular formula is C26H24BrN3O2. The summed E-state index contributed by atoms with van der Waals surface area (Å²) in [6, 6.07) is 21.0. The number of aromatic nitrogens is 2. The summed E-state index contributed by atoms with van der Waals surface area (Å²) in [5.74, 6) is 0.907. The van der Waals surface area contributed by atoms with E-state index in [4.69, 9.17) is 9.72 Å². The second-order valence-corrected chi connectivity index (χ2v) is 9.37. The molecular weight excluding hydrogens is 466 g/mol. The van der Waals surface area contributed by atoms with Gasteiger partial charge in [0.2, 0.25) is 0 Å². The summed E-state index contributed by atoms with van der Waals surface area (Å²) in [5, 5.41) is 3.56. The number of ether oxygens (including phenoxy) is 1. The second-order valence-electron chi connectivity index (χ2n) is 8.45. The van der Waals surface area contributed by atoms with E-state index in [0.717, 1.165) is 32.8 Å². The highest BCUT2D eigenvalue weighted by Gasteiger charge is 2.20. The molecule has 0 saturated carbocycles. The number of carbonyl (C=O) groups is 1. The Balaban J connectivity index is 1.65. The minimum Gasteiger partial charge on any atom is -0.423 e. The number of anilines is 1. The Morgan fingerprint density at radius 1 is 1.06 bits per heavy atom. The smallest absolute Gasteiger partial charge is 0.336 e. The Hall–Kier alpha value is -3.38. The molecule has 6 heteroatoms. The summed E-state index contributed by atoms with van der Waals surface area (Å²) in [4.78, 5) is 17.1. The number of nitrogens with one attached hydrogen (secondary N) is 1. The molecule has 0 spiro atoms. The third-order valence-corrected chi connectivity index (χ3v) is 5.08. The molecule has 0 fully saturated rings. The molecule has 0 bridgehead atoms. The zero-order chi connectivity index (χ0) is 22.7. The third kappa shape index (κ3) is 5.26. The lowest BCUT2D eigenvalue weighted by molar-refractivity contribution is -0.128. The lowest BCUT2D eigenvalue weighted by atomic mass is 10.1. The molecule has 0 saturated heterocycles. The third-order valence-electron chi connectivity index (χ3n) is 4.61. The van der Waals surface area contributed by atoms with E-state index in [1.807, 2.05) is 71.3 Å². The number of nitrogens with zero attached hydrogens (tertiary/aromatic N) is 2. The summed E-state index contributed by atoms with van der Waals surface area (Å²) in [6.07, 6.45) is 5.15. The van der Waals surface area contributed by atoms with Gasteiger partial charge in [-0.25, -0.2) is 9.78 Å². The standard InChI is InChI=1S/C26H24BrN3O2/c1-26(2,3)29-25-24(28-22-14-13-20(27)17-30(22)25)19-10-7-11-21(16-19)32-23(31)15-12-18-8-5-4-6-9-18/h4-17,29H,1-3H3/b15-12+. The fourth-order valence-electron chi connectivity index (χ4n) is 3.28. The van der Waals surface area contributed by atoms with Crippen LogP contribution in [0.1, 0.15) is 26.3 Å². The second kappa shape index (κ2) is 9.01. The van der Waals surface area contributed by atoms with Crippen molar-refractivity contribution in [2.24, 2.45) is 0 Å². The fraction of sp³-hybridized carbons (Fsp3) is 0.154. The van der Waals surface area contributed by atoms with Crippen LogP contribution < -0.4 is 10.1 Å². The Morgan fingerprint density at radius 2 is 1.84 bits per heavy atom. The van der Waals surface area contributed by atoms with E-state index in [1.165, 1.54) is 6.08 Å². The van der Waals surface area contributed by atoms with Crippen LogP contribution in [0.3, 0.4) is 0 Å². The summed E-state index contributed by atoms with van der Waals surface area (Å²) >= 11 is 3.54. The number of imidazole rings is 1. The number of pyridine rings is 1. The average molecular weight is 490 g/mol. The van der Waals surface area contributed by atoms with Crippen molar-refractivity contribution in [3.05, 3.63) is 89.0 Å². The number of hydrogen-bond donors (Lipinski definition) is 1. The minimum absolute atomic E-state index is 0.167. The molecule has 2 aromatic carbocycles. The van der Waals surface area contributed by atoms with Crippen LogP contribution in [-0.2, 0) is 4.79 Å². The molecule has 162 valence electrons. The van der Waals surface area contributed by atoms with Gasteiger partial charge in [0.1, 0.15) is 22.9 Å². The fourth-order valence-corrected chi connectivity index (χ4v) is 3.62. The van der Waals surface area contributed by atoms with Crippen LogP contribution in [-0.4, -0.2) is 20.9 Å². The lowest BCUT2D eigenvalue weighted by Gasteiger charge is -2.22. The maximum atomic E-state index is 12.3. The van der Waals surface area contributed by atoms with E-state index < -0.39 is 5.97 Å². The first-order valence-electron chi connectivity index (χ1n) is 10.3. The highest BCUT2D eigenvalue weighted by atomic mass is 79.9. The molecule has 0 unspecified atom stereocenters. The number of halogens is 1. The first-order valence-corrected chi connectivity index (χ1v) is 11.1. The van der Waals surface area contributed by atoms with Crippen molar-refractivity contribution in [2.75, 3.05) is 5.32 Å². The molecule has 2 heterocycles. The van der Waals surface area contributed by atoms with Crippen LogP contribution in [0.15, 0.2) is 83.5 Å². The van der Waals surface area contributed by atoms with Crippen molar-refractivity contribution < 1.29 is 9.53 Å². The largest absolute Gasteiger partial charge is 0.423 e. The van der Waals surface area contributed by atoms with Crippen molar-refractivity contribution in [1.82, 2.24) is 9.38 Å². The van der Waals surface area contributed by atoms with Gasteiger partial charge in [0.25, 0.3) is 0 Å². The first kappa shape index (κ1) is 21.8. The predicted octanol–water partition coefficient (Wildman–Crippen LogP) is 6.59. The summed E-state index contributed by atoms with van der Waals surface area (Å²) < 4.78 is 8.52. The minimum atomic E-state index is -0.432. The number of esters is 1. The Labute approximate surface area is 195 Å². The van der Waals surface area contributed by atoms with E-state index in [1.54, 1.807) is 12.1 Å². The topological polar surface area (TPSA) is 55.6 Å². The van der Waals surface area contributed by atoms with E-state index in [2.05, 4.69) is 42.0 Å². The van der Waals surface area contributed by atoms with Crippen LogP contribution in [0.25, 0.3) is 23.0 Å². The molecule has 4 aromatic rings. The number of benzene rings is 2. The summed E-state index contributed by atoms with van der Waals surface area (Å²) in [6.45, 7) is 6.31. The van der Waals surface area contributed by atoms with Crippen LogP contribution in [0.5, 0.6) is 5.75 Å². The Bertz CT molecular complexity index is 1290. The molecule has 0 amide bonds. The van der Waals surface area contributed by atoms with Gasteiger partial charge in [-0.05, 0) is 72.6 Å². The van der Waals surface area contributed by atoms with Gasteiger partial charge >= 0.3 is 5.97 Å². The SMILES string of the molecule is CC(C)(C)Nc1c(-c2cccc(OC(=O)/C=C/c3ccccc3)c2)nc2ccc(Br)cn12. The van der Waals surface area contributed by atoms with Gasteiger partial charge in [-0.1, -0.05) is 42.5 Å². The molecule has 4 rings (SSSR count). The van der Waals surface area contributed by atoms with Gasteiger partial charge in [-0.15, -0.1) is 0 Å². The molecule has 32 heavy (non-hydrogen) atoms. The Kier molecular flexibility index (Phi) is 6.15. The summed E-state index contributed by atoms with van der Waals surface area (Å²) in [7, 11) is 0. The number of fused-ring (bicyclic) bond motifs is 1. The van der Waals surface area contributed by atoms with Crippen molar-refractivity contribution in [1.29, 1.82) is 0 Å². The molecule has 0 radical (unpaired) electrons. The molecule has 0 aliphatic carbocycles. The molecule has 0 aliphatic heterocycles. The van der Waals surface area contributed by atoms with Crippen molar-refractivity contribution in [2.45, 2.75) is 26.3 Å². The van der Waals surface area contributed by atoms with Crippen LogP contribution >= 0.6 is 15.9 Å². The maximum absolute atomic E-state index is 12.3. The molecule has 0 aliphatic rings. The van der Waals surface area contributed by atoms with Crippen LogP contribution in [0.4, 0.5) is 5.82 Å². The normalized spacial score (nSPS) is 11.8. The van der Waals surface area contributed by atoms with Gasteiger partial charge < -0.3 is 10.1 Å². The van der Waals surface area contributed by atoms with Crippen LogP contribution in [0.2, 0.25) is 0 Å². The quantitative estimate of drug-likeness (QED) is 0.195. The number of carbonyl (C=O) groups excluding carboxylic acids is 1. The lowest BCUT2D eigenvalue weighted by Crippen LogP contribution is -2.27. The highest BCUT2D eigenvalue weighted by Crippen LogP contribution is 2.33. The van der Waals surface area contributed by atoms with Gasteiger partial charge in [-0.3, -0.25) is 4.40 Å². The summed E-state index contributed by atoms with van der Waals surface area (Å²) in [5.41, 5.74) is 3.24. The highest BCUT2D eigenvalue weighted by molar-refractivity contribution is 9.10. The monoisotopic (exact) mass is 489 g/mol. The zero-order valence-electron chi connectivity index (χ0n) is 18.2. The van der Waals surface area contributed by atoms with Crippen molar-refractivity contribution in [3.63, 3.8) is 0 Å². The van der Waals surface area contributed by atoms with E-state index in [0.29, 0.717) is 5.75 Å². The van der Waals surface area contributed by atoms with Gasteiger partial charge in [-0.2, -0.15) is 0 Å². The van der Waals surface area contributed by atoms with Gasteiger partial charge in [0, 0.05) is 27.8 Å². The molecule has 1 N–H and O–H groups in total. The molecule has 0 atom stereocenters. The number of hydrogen-bond acceptors (Lipinski definition) is 4. The van der Waals surface area contributed by atoms with E-state index in [9.17, 15) is 4.79 Å². The van der Waals surface area contributed by atoms with Crippen molar-refractivity contribution >= 4 is 39.4 Å². The first-order chi connectivity index (χ1) is 15.3. The van der Waals surface area contributed by atoms with Gasteiger partial charge in [0.15, 0.2) is 0 Å². The van der Waals surface area contributed by atoms with E-state index >= 15 is 0 Å².